The molecule has 0 aromatic heterocycles. The van der Waals surface area contributed by atoms with Crippen molar-refractivity contribution in [1.82, 2.24) is 5.32 Å². The standard InChI is InChI=1S/C15H23BrN2O3S/c1-5-12(3)17-15(19)8-9-18(22(4,20)21)13-6-7-14(16)11(2)10-13/h6-7,10,12H,5,8-9H2,1-4H3,(H,17,19). The van der Waals surface area contributed by atoms with Crippen LogP contribution in [0.5, 0.6) is 0 Å². The third kappa shape index (κ3) is 5.61. The molecule has 7 heteroatoms. The molecule has 0 fully saturated rings. The first-order chi connectivity index (χ1) is 10.1. The van der Waals surface area contributed by atoms with Crippen LogP contribution in [0.15, 0.2) is 22.7 Å². The van der Waals surface area contributed by atoms with Gasteiger partial charge in [-0.25, -0.2) is 8.42 Å². The molecule has 0 spiro atoms. The highest BCUT2D eigenvalue weighted by Crippen LogP contribution is 2.24. The number of sulfonamides is 1. The van der Waals surface area contributed by atoms with Gasteiger partial charge in [-0.3, -0.25) is 9.10 Å². The van der Waals surface area contributed by atoms with Crippen molar-refractivity contribution in [3.05, 3.63) is 28.2 Å². The van der Waals surface area contributed by atoms with Crippen molar-refractivity contribution in [2.24, 2.45) is 0 Å². The van der Waals surface area contributed by atoms with Gasteiger partial charge in [0.1, 0.15) is 0 Å². The van der Waals surface area contributed by atoms with E-state index < -0.39 is 10.0 Å². The molecule has 1 atom stereocenters. The van der Waals surface area contributed by atoms with Crippen LogP contribution in [-0.4, -0.2) is 33.2 Å². The number of rotatable bonds is 7. The van der Waals surface area contributed by atoms with Gasteiger partial charge in [-0.2, -0.15) is 0 Å². The fourth-order valence-electron chi connectivity index (χ4n) is 1.92. The minimum atomic E-state index is -3.44. The van der Waals surface area contributed by atoms with E-state index in [0.717, 1.165) is 22.7 Å². The second kappa shape index (κ2) is 7.97. The molecule has 1 aromatic rings. The second-order valence-electron chi connectivity index (χ2n) is 5.40. The molecule has 0 radical (unpaired) electrons. The second-order valence-corrected chi connectivity index (χ2v) is 8.16. The number of amides is 1. The maximum Gasteiger partial charge on any atom is 0.232 e. The molecule has 1 rings (SSSR count). The Hall–Kier alpha value is -1.08. The first kappa shape index (κ1) is 19.0. The maximum absolute atomic E-state index is 12.0. The van der Waals surface area contributed by atoms with Gasteiger partial charge in [0.15, 0.2) is 0 Å². The van der Waals surface area contributed by atoms with E-state index >= 15 is 0 Å². The summed E-state index contributed by atoms with van der Waals surface area (Å²) in [6.45, 7) is 5.93. The van der Waals surface area contributed by atoms with E-state index in [1.165, 1.54) is 4.31 Å². The summed E-state index contributed by atoms with van der Waals surface area (Å²) >= 11 is 3.39. The van der Waals surface area contributed by atoms with E-state index in [0.29, 0.717) is 5.69 Å². The minimum Gasteiger partial charge on any atom is -0.354 e. The molecule has 124 valence electrons. The predicted molar refractivity (Wildman–Crippen MR) is 93.6 cm³/mol. The summed E-state index contributed by atoms with van der Waals surface area (Å²) < 4.78 is 26.2. The highest BCUT2D eigenvalue weighted by atomic mass is 79.9. The molecule has 1 amide bonds. The van der Waals surface area contributed by atoms with E-state index in [9.17, 15) is 13.2 Å². The van der Waals surface area contributed by atoms with Gasteiger partial charge in [-0.1, -0.05) is 22.9 Å². The Balaban J connectivity index is 2.87. The van der Waals surface area contributed by atoms with Crippen molar-refractivity contribution in [2.45, 2.75) is 39.7 Å². The van der Waals surface area contributed by atoms with Crippen LogP contribution in [0.3, 0.4) is 0 Å². The smallest absolute Gasteiger partial charge is 0.232 e. The first-order valence-electron chi connectivity index (χ1n) is 7.18. The van der Waals surface area contributed by atoms with Gasteiger partial charge in [-0.15, -0.1) is 0 Å². The number of nitrogens with zero attached hydrogens (tertiary/aromatic N) is 1. The summed E-state index contributed by atoms with van der Waals surface area (Å²) in [5, 5.41) is 2.84. The van der Waals surface area contributed by atoms with Crippen LogP contribution in [-0.2, 0) is 14.8 Å². The lowest BCUT2D eigenvalue weighted by Gasteiger charge is -2.23. The van der Waals surface area contributed by atoms with Crippen molar-refractivity contribution in [3.63, 3.8) is 0 Å². The Kier molecular flexibility index (Phi) is 6.87. The highest BCUT2D eigenvalue weighted by molar-refractivity contribution is 9.10. The molecule has 0 aliphatic carbocycles. The van der Waals surface area contributed by atoms with Crippen LogP contribution >= 0.6 is 15.9 Å². The fraction of sp³-hybridized carbons (Fsp3) is 0.533. The monoisotopic (exact) mass is 390 g/mol. The number of anilines is 1. The molecule has 1 aromatic carbocycles. The summed E-state index contributed by atoms with van der Waals surface area (Å²) in [5.74, 6) is -0.142. The van der Waals surface area contributed by atoms with Crippen molar-refractivity contribution in [1.29, 1.82) is 0 Å². The quantitative estimate of drug-likeness (QED) is 0.777. The van der Waals surface area contributed by atoms with Gasteiger partial charge < -0.3 is 5.32 Å². The van der Waals surface area contributed by atoms with Gasteiger partial charge in [0.25, 0.3) is 0 Å². The summed E-state index contributed by atoms with van der Waals surface area (Å²) in [7, 11) is -3.44. The third-order valence-corrected chi connectivity index (χ3v) is 5.48. The molecule has 22 heavy (non-hydrogen) atoms. The van der Waals surface area contributed by atoms with Crippen LogP contribution in [0.2, 0.25) is 0 Å². The molecule has 1 unspecified atom stereocenters. The van der Waals surface area contributed by atoms with Crippen LogP contribution < -0.4 is 9.62 Å². The average Bonchev–Trinajstić information content (AvgIpc) is 2.41. The Bertz CT molecular complexity index is 632. The summed E-state index contributed by atoms with van der Waals surface area (Å²) in [6, 6.07) is 5.42. The van der Waals surface area contributed by atoms with Crippen LogP contribution in [0.25, 0.3) is 0 Å². The average molecular weight is 391 g/mol. The van der Waals surface area contributed by atoms with Gasteiger partial charge in [-0.05, 0) is 44.0 Å². The molecule has 0 heterocycles. The topological polar surface area (TPSA) is 66.5 Å². The largest absolute Gasteiger partial charge is 0.354 e. The number of carbonyl (C=O) groups excluding carboxylic acids is 1. The molecule has 0 saturated heterocycles. The number of aryl methyl sites for hydroxylation is 1. The molecule has 0 bridgehead atoms. The Morgan fingerprint density at radius 1 is 1.41 bits per heavy atom. The molecular formula is C15H23BrN2O3S. The summed E-state index contributed by atoms with van der Waals surface area (Å²) in [5.41, 5.74) is 1.51. The zero-order valence-electron chi connectivity index (χ0n) is 13.4. The third-order valence-electron chi connectivity index (χ3n) is 3.39. The number of benzene rings is 1. The fourth-order valence-corrected chi connectivity index (χ4v) is 3.09. The Morgan fingerprint density at radius 3 is 2.55 bits per heavy atom. The van der Waals surface area contributed by atoms with E-state index in [1.807, 2.05) is 26.8 Å². The molecular weight excluding hydrogens is 368 g/mol. The SMILES string of the molecule is CCC(C)NC(=O)CCN(c1ccc(Br)c(C)c1)S(C)(=O)=O. The maximum atomic E-state index is 12.0. The lowest BCUT2D eigenvalue weighted by molar-refractivity contribution is -0.121. The molecule has 0 aliphatic rings. The van der Waals surface area contributed by atoms with E-state index in [-0.39, 0.29) is 24.9 Å². The lowest BCUT2D eigenvalue weighted by Crippen LogP contribution is -2.37. The normalized spacial score (nSPS) is 12.8. The molecule has 1 N–H and O–H groups in total. The van der Waals surface area contributed by atoms with Crippen LogP contribution in [0.4, 0.5) is 5.69 Å². The summed E-state index contributed by atoms with van der Waals surface area (Å²) in [4.78, 5) is 11.9. The van der Waals surface area contributed by atoms with Crippen molar-refractivity contribution >= 4 is 37.5 Å². The van der Waals surface area contributed by atoms with Crippen LogP contribution in [0, 0.1) is 6.92 Å². The van der Waals surface area contributed by atoms with Crippen molar-refractivity contribution < 1.29 is 13.2 Å². The number of hydrogen-bond donors (Lipinski definition) is 1. The minimum absolute atomic E-state index is 0.0918. The predicted octanol–water partition coefficient (Wildman–Crippen LogP) is 2.83. The van der Waals surface area contributed by atoms with Crippen molar-refractivity contribution in [2.75, 3.05) is 17.1 Å². The molecule has 5 nitrogen and oxygen atoms in total. The van der Waals surface area contributed by atoms with E-state index in [2.05, 4.69) is 21.2 Å². The number of nitrogens with one attached hydrogen (secondary N) is 1. The van der Waals surface area contributed by atoms with Gasteiger partial charge >= 0.3 is 0 Å². The number of hydrogen-bond acceptors (Lipinski definition) is 3. The van der Waals surface area contributed by atoms with Gasteiger partial charge in [0.05, 0.1) is 11.9 Å². The molecule has 0 saturated carbocycles. The first-order valence-corrected chi connectivity index (χ1v) is 9.82. The zero-order valence-corrected chi connectivity index (χ0v) is 15.8. The Morgan fingerprint density at radius 2 is 2.05 bits per heavy atom. The van der Waals surface area contributed by atoms with E-state index in [1.54, 1.807) is 12.1 Å². The van der Waals surface area contributed by atoms with E-state index in [4.69, 9.17) is 0 Å². The van der Waals surface area contributed by atoms with Crippen molar-refractivity contribution in [3.8, 4) is 0 Å². The van der Waals surface area contributed by atoms with Crippen LogP contribution in [0.1, 0.15) is 32.3 Å². The van der Waals surface area contributed by atoms with Gasteiger partial charge in [0, 0.05) is 23.5 Å². The zero-order chi connectivity index (χ0) is 16.9. The highest BCUT2D eigenvalue weighted by Gasteiger charge is 2.19. The number of carbonyl (C=O) groups is 1. The summed E-state index contributed by atoms with van der Waals surface area (Å²) in [6.07, 6.45) is 2.12. The number of halogens is 1. The Labute approximate surface area is 141 Å². The molecule has 0 aliphatic heterocycles. The van der Waals surface area contributed by atoms with Gasteiger partial charge in [0.2, 0.25) is 15.9 Å². The lowest BCUT2D eigenvalue weighted by atomic mass is 10.2.